The Hall–Kier alpha value is -2.20. The van der Waals surface area contributed by atoms with Crippen molar-refractivity contribution in [1.82, 2.24) is 0 Å². The topological polar surface area (TPSA) is 80.4 Å². The minimum absolute atomic E-state index is 0.174. The first-order valence-electron chi connectivity index (χ1n) is 12.2. The van der Waals surface area contributed by atoms with Crippen LogP contribution < -0.4 is 5.73 Å². The molecule has 0 unspecified atom stereocenters. The molecule has 0 aromatic carbocycles. The van der Waals surface area contributed by atoms with Gasteiger partial charge in [-0.3, -0.25) is 9.59 Å². The first kappa shape index (κ1) is 29.8. The minimum atomic E-state index is -1.00. The summed E-state index contributed by atoms with van der Waals surface area (Å²) >= 11 is 0. The van der Waals surface area contributed by atoms with E-state index in [1.54, 1.807) is 6.92 Å². The Labute approximate surface area is 196 Å². The van der Waals surface area contributed by atoms with Crippen molar-refractivity contribution >= 4 is 11.8 Å². The van der Waals surface area contributed by atoms with Gasteiger partial charge in [-0.2, -0.15) is 0 Å². The summed E-state index contributed by atoms with van der Waals surface area (Å²) in [5.41, 5.74) is 5.57. The van der Waals surface area contributed by atoms with Crippen molar-refractivity contribution in [2.45, 2.75) is 96.9 Å². The summed E-state index contributed by atoms with van der Waals surface area (Å²) in [7, 11) is 0. The molecule has 0 heterocycles. The fourth-order valence-electron chi connectivity index (χ4n) is 3.07. The average molecular weight is 444 g/mol. The Bertz CT molecular complexity index is 629. The van der Waals surface area contributed by atoms with E-state index in [1.807, 2.05) is 0 Å². The zero-order chi connectivity index (χ0) is 23.9. The van der Waals surface area contributed by atoms with E-state index >= 15 is 0 Å². The summed E-state index contributed by atoms with van der Waals surface area (Å²) in [5.74, 6) is -0.962. The van der Waals surface area contributed by atoms with Crippen LogP contribution in [-0.2, 0) is 9.59 Å². The molecule has 180 valence electrons. The molecule has 0 rings (SSSR count). The fraction of sp³-hybridized carbons (Fsp3) is 0.571. The van der Waals surface area contributed by atoms with Gasteiger partial charge in [-0.15, -0.1) is 0 Å². The van der Waals surface area contributed by atoms with Gasteiger partial charge in [0.05, 0.1) is 0 Å². The van der Waals surface area contributed by atoms with Crippen LogP contribution in [0.3, 0.4) is 0 Å². The monoisotopic (exact) mass is 443 g/mol. The maximum Gasteiger partial charge on any atom is 0.320 e. The summed E-state index contributed by atoms with van der Waals surface area (Å²) in [4.78, 5) is 22.7. The van der Waals surface area contributed by atoms with Crippen molar-refractivity contribution in [1.29, 1.82) is 0 Å². The third-order valence-electron chi connectivity index (χ3n) is 5.26. The van der Waals surface area contributed by atoms with Crippen molar-refractivity contribution in [2.75, 3.05) is 0 Å². The highest BCUT2D eigenvalue weighted by atomic mass is 16.4. The van der Waals surface area contributed by atoms with E-state index in [1.165, 1.54) is 0 Å². The second-order valence-electron chi connectivity index (χ2n) is 8.23. The molecule has 2 atom stereocenters. The van der Waals surface area contributed by atoms with Crippen LogP contribution in [0.1, 0.15) is 90.9 Å². The summed E-state index contributed by atoms with van der Waals surface area (Å²) in [6.45, 7) is 3.94. The van der Waals surface area contributed by atoms with Gasteiger partial charge in [-0.1, -0.05) is 81.0 Å². The molecule has 0 spiro atoms. The Morgan fingerprint density at radius 3 is 1.75 bits per heavy atom. The smallest absolute Gasteiger partial charge is 0.320 e. The Morgan fingerprint density at radius 2 is 1.25 bits per heavy atom. The molecule has 0 aliphatic carbocycles. The van der Waals surface area contributed by atoms with Crippen LogP contribution in [0.15, 0.2) is 60.8 Å². The highest BCUT2D eigenvalue weighted by Crippen LogP contribution is 2.13. The molecular formula is C28H45NO3. The number of Topliss-reactive ketones (excluding diaryl/α,β-unsaturated/α-hetero) is 1. The van der Waals surface area contributed by atoms with Crippen LogP contribution in [0, 0.1) is 5.92 Å². The van der Waals surface area contributed by atoms with E-state index in [-0.39, 0.29) is 11.7 Å². The quantitative estimate of drug-likeness (QED) is 0.155. The van der Waals surface area contributed by atoms with Crippen molar-refractivity contribution in [3.8, 4) is 0 Å². The van der Waals surface area contributed by atoms with Gasteiger partial charge in [0.2, 0.25) is 0 Å². The van der Waals surface area contributed by atoms with Gasteiger partial charge in [-0.05, 0) is 63.7 Å². The summed E-state index contributed by atoms with van der Waals surface area (Å²) in [5, 5.41) is 8.87. The SMILES string of the molecule is CCC=CCC=CCC=CCC=CCC=CCCCCCC(=O)CC[C@H](C)[C@H](N)C(=O)O. The van der Waals surface area contributed by atoms with Crippen LogP contribution in [0.4, 0.5) is 0 Å². The third kappa shape index (κ3) is 19.7. The lowest BCUT2D eigenvalue weighted by Crippen LogP contribution is -2.36. The normalized spacial score (nSPS) is 14.5. The molecule has 0 aromatic rings. The number of rotatable bonds is 20. The van der Waals surface area contributed by atoms with E-state index in [2.05, 4.69) is 67.7 Å². The Kier molecular flexibility index (Phi) is 20.5. The molecular weight excluding hydrogens is 398 g/mol. The minimum Gasteiger partial charge on any atom is -0.480 e. The molecule has 0 saturated heterocycles. The number of hydrogen-bond acceptors (Lipinski definition) is 3. The zero-order valence-corrected chi connectivity index (χ0v) is 20.3. The predicted octanol–water partition coefficient (Wildman–Crippen LogP) is 7.09. The maximum absolute atomic E-state index is 11.9. The molecule has 32 heavy (non-hydrogen) atoms. The molecule has 4 nitrogen and oxygen atoms in total. The highest BCUT2D eigenvalue weighted by molar-refractivity contribution is 5.78. The van der Waals surface area contributed by atoms with Gasteiger partial charge in [0.25, 0.3) is 0 Å². The average Bonchev–Trinajstić information content (AvgIpc) is 2.78. The van der Waals surface area contributed by atoms with Gasteiger partial charge in [0.1, 0.15) is 11.8 Å². The lowest BCUT2D eigenvalue weighted by molar-refractivity contribution is -0.140. The largest absolute Gasteiger partial charge is 0.480 e. The zero-order valence-electron chi connectivity index (χ0n) is 20.3. The summed E-state index contributed by atoms with van der Waals surface area (Å²) in [6, 6.07) is -0.883. The number of carboxylic acids is 1. The lowest BCUT2D eigenvalue weighted by atomic mass is 9.95. The molecule has 4 heteroatoms. The molecule has 0 saturated carbocycles. The van der Waals surface area contributed by atoms with Gasteiger partial charge in [0.15, 0.2) is 0 Å². The maximum atomic E-state index is 11.9. The number of hydrogen-bond donors (Lipinski definition) is 2. The van der Waals surface area contributed by atoms with Gasteiger partial charge in [0, 0.05) is 12.8 Å². The van der Waals surface area contributed by atoms with Gasteiger partial charge >= 0.3 is 5.97 Å². The Balaban J connectivity index is 3.58. The number of unbranched alkanes of at least 4 members (excludes halogenated alkanes) is 3. The number of carboxylic acid groups (broad SMARTS) is 1. The number of nitrogens with two attached hydrogens (primary N) is 1. The predicted molar refractivity (Wildman–Crippen MR) is 137 cm³/mol. The number of aliphatic carboxylic acids is 1. The molecule has 0 aliphatic rings. The molecule has 0 bridgehead atoms. The van der Waals surface area contributed by atoms with E-state index in [0.717, 1.165) is 57.8 Å². The van der Waals surface area contributed by atoms with E-state index in [9.17, 15) is 9.59 Å². The van der Waals surface area contributed by atoms with E-state index in [0.29, 0.717) is 19.3 Å². The molecule has 3 N–H and O–H groups in total. The van der Waals surface area contributed by atoms with E-state index in [4.69, 9.17) is 10.8 Å². The van der Waals surface area contributed by atoms with Crippen LogP contribution in [0.5, 0.6) is 0 Å². The summed E-state index contributed by atoms with van der Waals surface area (Å²) < 4.78 is 0. The first-order chi connectivity index (χ1) is 15.5. The van der Waals surface area contributed by atoms with Gasteiger partial charge in [-0.25, -0.2) is 0 Å². The Morgan fingerprint density at radius 1 is 0.750 bits per heavy atom. The molecule has 0 fully saturated rings. The van der Waals surface area contributed by atoms with Crippen LogP contribution in [0.2, 0.25) is 0 Å². The second-order valence-corrected chi connectivity index (χ2v) is 8.23. The van der Waals surface area contributed by atoms with Crippen LogP contribution in [0.25, 0.3) is 0 Å². The second kappa shape index (κ2) is 22.0. The van der Waals surface area contributed by atoms with Crippen LogP contribution >= 0.6 is 0 Å². The number of allylic oxidation sites excluding steroid dienone is 10. The molecule has 0 aliphatic heterocycles. The van der Waals surface area contributed by atoms with Crippen molar-refractivity contribution in [3.05, 3.63) is 60.8 Å². The number of carbonyl (C=O) groups excluding carboxylic acids is 1. The number of carbonyl (C=O) groups is 2. The summed E-state index contributed by atoms with van der Waals surface area (Å²) in [6.07, 6.45) is 32.7. The third-order valence-corrected chi connectivity index (χ3v) is 5.26. The van der Waals surface area contributed by atoms with Crippen molar-refractivity contribution in [3.63, 3.8) is 0 Å². The molecule has 0 radical (unpaired) electrons. The molecule has 0 amide bonds. The highest BCUT2D eigenvalue weighted by Gasteiger charge is 2.20. The van der Waals surface area contributed by atoms with Crippen LogP contribution in [-0.4, -0.2) is 22.9 Å². The van der Waals surface area contributed by atoms with E-state index < -0.39 is 12.0 Å². The number of ketones is 1. The van der Waals surface area contributed by atoms with Gasteiger partial charge < -0.3 is 10.8 Å². The van der Waals surface area contributed by atoms with Crippen molar-refractivity contribution < 1.29 is 14.7 Å². The fourth-order valence-corrected chi connectivity index (χ4v) is 3.07. The first-order valence-corrected chi connectivity index (χ1v) is 12.2. The standard InChI is InChI=1S/C28H45NO3/c1-3-4-5-6-7-8-9-10-11-12-13-14-15-16-17-18-19-20-21-22-26(30)24-23-25(2)27(29)28(31)32/h4-5,7-8,10-11,13-14,16-17,25,27H,3,6,9,12,15,18-24,29H2,1-2H3,(H,31,32)/t25-,27-/m0/s1. The van der Waals surface area contributed by atoms with Crippen molar-refractivity contribution in [2.24, 2.45) is 11.7 Å². The lowest BCUT2D eigenvalue weighted by Gasteiger charge is -2.14. The molecule has 0 aromatic heterocycles.